The second-order valence-electron chi connectivity index (χ2n) is 3.80. The lowest BCUT2D eigenvalue weighted by Gasteiger charge is -2.16. The minimum atomic E-state index is 0.161. The third-order valence-electron chi connectivity index (χ3n) is 2.48. The molecule has 0 saturated carbocycles. The molecular formula is C11H21N3O2. The number of likely N-dealkylation sites (N-methyl/N-ethyl adjacent to an activating group) is 1. The summed E-state index contributed by atoms with van der Waals surface area (Å²) in [5.41, 5.74) is 0. The highest BCUT2D eigenvalue weighted by Gasteiger charge is 2.09. The van der Waals surface area contributed by atoms with Gasteiger partial charge in [-0.1, -0.05) is 25.4 Å². The summed E-state index contributed by atoms with van der Waals surface area (Å²) in [6.07, 6.45) is 3.06. The zero-order chi connectivity index (χ0) is 11.8. The maximum absolute atomic E-state index is 8.86. The Bertz CT molecular complexity index is 289. The van der Waals surface area contributed by atoms with Crippen LogP contribution in [0.1, 0.15) is 38.4 Å². The fourth-order valence-electron chi connectivity index (χ4n) is 1.47. The Kier molecular flexibility index (Phi) is 6.03. The maximum atomic E-state index is 8.86. The van der Waals surface area contributed by atoms with Gasteiger partial charge in [0.05, 0.1) is 13.2 Å². The molecule has 1 rings (SSSR count). The Hall–Kier alpha value is -0.940. The number of rotatable bonds is 8. The molecule has 0 radical (unpaired) electrons. The molecule has 1 N–H and O–H groups in total. The first-order valence-corrected chi connectivity index (χ1v) is 5.94. The van der Waals surface area contributed by atoms with Crippen molar-refractivity contribution in [3.05, 3.63) is 11.7 Å². The van der Waals surface area contributed by atoms with Gasteiger partial charge in [-0.25, -0.2) is 0 Å². The molecule has 1 heterocycles. The molecule has 0 spiro atoms. The van der Waals surface area contributed by atoms with Crippen molar-refractivity contribution in [3.8, 4) is 0 Å². The van der Waals surface area contributed by atoms with E-state index in [1.165, 1.54) is 0 Å². The van der Waals surface area contributed by atoms with Crippen LogP contribution in [0, 0.1) is 0 Å². The number of hydrogen-bond acceptors (Lipinski definition) is 5. The average Bonchev–Trinajstić information content (AvgIpc) is 2.73. The number of aliphatic hydroxyl groups excluding tert-OH is 1. The normalized spacial score (nSPS) is 11.2. The Balaban J connectivity index is 2.43. The van der Waals surface area contributed by atoms with Crippen LogP contribution in [-0.2, 0) is 13.0 Å². The van der Waals surface area contributed by atoms with Gasteiger partial charge in [0.2, 0.25) is 5.89 Å². The van der Waals surface area contributed by atoms with Crippen LogP contribution in [0.2, 0.25) is 0 Å². The van der Waals surface area contributed by atoms with Crippen LogP contribution < -0.4 is 0 Å². The highest BCUT2D eigenvalue weighted by molar-refractivity contribution is 4.86. The third kappa shape index (κ3) is 4.28. The maximum Gasteiger partial charge on any atom is 0.226 e. The first-order valence-electron chi connectivity index (χ1n) is 5.94. The summed E-state index contributed by atoms with van der Waals surface area (Å²) in [6.45, 7) is 6.51. The first kappa shape index (κ1) is 13.1. The smallest absolute Gasteiger partial charge is 0.226 e. The number of aryl methyl sites for hydroxylation is 1. The van der Waals surface area contributed by atoms with Gasteiger partial charge in [0, 0.05) is 13.0 Å². The third-order valence-corrected chi connectivity index (χ3v) is 2.48. The van der Waals surface area contributed by atoms with Gasteiger partial charge in [0.25, 0.3) is 0 Å². The molecule has 5 nitrogen and oxygen atoms in total. The second-order valence-corrected chi connectivity index (χ2v) is 3.80. The lowest BCUT2D eigenvalue weighted by Crippen LogP contribution is -2.26. The van der Waals surface area contributed by atoms with Crippen LogP contribution in [0.25, 0.3) is 0 Å². The quantitative estimate of drug-likeness (QED) is 0.723. The molecule has 0 aliphatic rings. The summed E-state index contributed by atoms with van der Waals surface area (Å²) in [5.74, 6) is 1.43. The number of nitrogens with zero attached hydrogens (tertiary/aromatic N) is 3. The Morgan fingerprint density at radius 2 is 2.19 bits per heavy atom. The van der Waals surface area contributed by atoms with Crippen molar-refractivity contribution in [2.45, 2.75) is 39.7 Å². The van der Waals surface area contributed by atoms with E-state index < -0.39 is 0 Å². The lowest BCUT2D eigenvalue weighted by atomic mass is 10.2. The van der Waals surface area contributed by atoms with Gasteiger partial charge in [-0.2, -0.15) is 4.98 Å². The molecule has 16 heavy (non-hydrogen) atoms. The van der Waals surface area contributed by atoms with E-state index in [4.69, 9.17) is 9.63 Å². The van der Waals surface area contributed by atoms with E-state index in [9.17, 15) is 0 Å². The van der Waals surface area contributed by atoms with Gasteiger partial charge >= 0.3 is 0 Å². The van der Waals surface area contributed by atoms with Gasteiger partial charge in [0.1, 0.15) is 0 Å². The SMILES string of the molecule is CCCCc1nc(CN(CC)CCO)no1. The molecule has 1 aromatic heterocycles. The summed E-state index contributed by atoms with van der Waals surface area (Å²) >= 11 is 0. The fraction of sp³-hybridized carbons (Fsp3) is 0.818. The predicted octanol–water partition coefficient (Wildman–Crippen LogP) is 1.23. The largest absolute Gasteiger partial charge is 0.395 e. The van der Waals surface area contributed by atoms with Gasteiger partial charge < -0.3 is 9.63 Å². The van der Waals surface area contributed by atoms with Crippen molar-refractivity contribution in [3.63, 3.8) is 0 Å². The monoisotopic (exact) mass is 227 g/mol. The predicted molar refractivity (Wildman–Crippen MR) is 60.9 cm³/mol. The zero-order valence-electron chi connectivity index (χ0n) is 10.1. The minimum absolute atomic E-state index is 0.161. The average molecular weight is 227 g/mol. The Labute approximate surface area is 96.5 Å². The molecule has 0 fully saturated rings. The second kappa shape index (κ2) is 7.35. The van der Waals surface area contributed by atoms with Crippen LogP contribution in [0.3, 0.4) is 0 Å². The molecule has 0 saturated heterocycles. The molecule has 0 unspecified atom stereocenters. The van der Waals surface area contributed by atoms with Crippen LogP contribution in [-0.4, -0.2) is 39.8 Å². The van der Waals surface area contributed by atoms with E-state index in [-0.39, 0.29) is 6.61 Å². The molecule has 5 heteroatoms. The van der Waals surface area contributed by atoms with Crippen LogP contribution >= 0.6 is 0 Å². The van der Waals surface area contributed by atoms with Crippen molar-refractivity contribution < 1.29 is 9.63 Å². The van der Waals surface area contributed by atoms with Crippen LogP contribution in [0.5, 0.6) is 0 Å². The standard InChI is InChI=1S/C11H21N3O2/c1-3-5-6-11-12-10(13-16-11)9-14(4-2)7-8-15/h15H,3-9H2,1-2H3. The van der Waals surface area contributed by atoms with Crippen molar-refractivity contribution >= 4 is 0 Å². The highest BCUT2D eigenvalue weighted by Crippen LogP contribution is 2.05. The van der Waals surface area contributed by atoms with E-state index in [0.29, 0.717) is 18.9 Å². The Morgan fingerprint density at radius 1 is 1.38 bits per heavy atom. The molecule has 1 aromatic rings. The van der Waals surface area contributed by atoms with Gasteiger partial charge in [0.15, 0.2) is 5.82 Å². The van der Waals surface area contributed by atoms with Gasteiger partial charge in [-0.05, 0) is 13.0 Å². The van der Waals surface area contributed by atoms with E-state index in [2.05, 4.69) is 22.0 Å². The summed E-state index contributed by atoms with van der Waals surface area (Å²) in [5, 5.41) is 12.8. The summed E-state index contributed by atoms with van der Waals surface area (Å²) in [7, 11) is 0. The summed E-state index contributed by atoms with van der Waals surface area (Å²) in [4.78, 5) is 6.39. The van der Waals surface area contributed by atoms with Crippen molar-refractivity contribution in [1.29, 1.82) is 0 Å². The van der Waals surface area contributed by atoms with E-state index in [0.717, 1.165) is 31.7 Å². The van der Waals surface area contributed by atoms with Crippen molar-refractivity contribution in [2.75, 3.05) is 19.7 Å². The van der Waals surface area contributed by atoms with Crippen LogP contribution in [0.15, 0.2) is 4.52 Å². The van der Waals surface area contributed by atoms with Gasteiger partial charge in [-0.15, -0.1) is 0 Å². The summed E-state index contributed by atoms with van der Waals surface area (Å²) in [6, 6.07) is 0. The Morgan fingerprint density at radius 3 is 2.81 bits per heavy atom. The molecule has 0 aliphatic heterocycles. The topological polar surface area (TPSA) is 62.4 Å². The molecule has 0 bridgehead atoms. The molecule has 0 aromatic carbocycles. The summed E-state index contributed by atoms with van der Waals surface area (Å²) < 4.78 is 5.14. The highest BCUT2D eigenvalue weighted by atomic mass is 16.5. The van der Waals surface area contributed by atoms with Crippen molar-refractivity contribution in [2.24, 2.45) is 0 Å². The number of hydrogen-bond donors (Lipinski definition) is 1. The van der Waals surface area contributed by atoms with Crippen molar-refractivity contribution in [1.82, 2.24) is 15.0 Å². The lowest BCUT2D eigenvalue weighted by molar-refractivity contribution is 0.192. The zero-order valence-corrected chi connectivity index (χ0v) is 10.1. The molecule has 0 amide bonds. The molecule has 0 atom stereocenters. The number of aliphatic hydroxyl groups is 1. The number of aromatic nitrogens is 2. The van der Waals surface area contributed by atoms with E-state index >= 15 is 0 Å². The van der Waals surface area contributed by atoms with Crippen LogP contribution in [0.4, 0.5) is 0 Å². The number of unbranched alkanes of at least 4 members (excludes halogenated alkanes) is 1. The minimum Gasteiger partial charge on any atom is -0.395 e. The van der Waals surface area contributed by atoms with E-state index in [1.807, 2.05) is 6.92 Å². The fourth-order valence-corrected chi connectivity index (χ4v) is 1.47. The molecule has 92 valence electrons. The first-order chi connectivity index (χ1) is 7.80. The molecular weight excluding hydrogens is 206 g/mol. The van der Waals surface area contributed by atoms with Gasteiger partial charge in [-0.3, -0.25) is 4.90 Å². The molecule has 0 aliphatic carbocycles. The van der Waals surface area contributed by atoms with E-state index in [1.54, 1.807) is 0 Å².